The van der Waals surface area contributed by atoms with Gasteiger partial charge < -0.3 is 19.3 Å². The van der Waals surface area contributed by atoms with Crippen molar-refractivity contribution in [3.05, 3.63) is 29.8 Å². The molecule has 3 aliphatic heterocycles. The highest BCUT2D eigenvalue weighted by atomic mass is 16.5. The maximum Gasteiger partial charge on any atom is 0.226 e. The molecule has 1 aromatic rings. The molecule has 3 atom stereocenters. The van der Waals surface area contributed by atoms with Gasteiger partial charge in [-0.2, -0.15) is 0 Å². The number of rotatable bonds is 5. The summed E-state index contributed by atoms with van der Waals surface area (Å²) < 4.78 is 10.9. The number of carbonyl (C=O) groups is 1. The van der Waals surface area contributed by atoms with E-state index in [4.69, 9.17) is 9.47 Å². The minimum Gasteiger partial charge on any atom is -0.497 e. The van der Waals surface area contributed by atoms with Gasteiger partial charge in [0.15, 0.2) is 0 Å². The molecule has 5 nitrogen and oxygen atoms in total. The van der Waals surface area contributed by atoms with Crippen LogP contribution in [0.3, 0.4) is 0 Å². The van der Waals surface area contributed by atoms with E-state index in [1.807, 2.05) is 12.1 Å². The van der Waals surface area contributed by atoms with Gasteiger partial charge in [0, 0.05) is 51.2 Å². The first-order chi connectivity index (χ1) is 14.2. The number of fused-ring (bicyclic) bond motifs is 1. The summed E-state index contributed by atoms with van der Waals surface area (Å²) >= 11 is 0. The molecule has 0 radical (unpaired) electrons. The lowest BCUT2D eigenvalue weighted by Gasteiger charge is -2.35. The van der Waals surface area contributed by atoms with Crippen molar-refractivity contribution in [2.24, 2.45) is 23.7 Å². The molecule has 4 aliphatic rings. The fraction of sp³-hybridized carbons (Fsp3) is 0.708. The first kappa shape index (κ1) is 19.4. The maximum absolute atomic E-state index is 13.5. The quantitative estimate of drug-likeness (QED) is 0.763. The number of hydrogen-bond donors (Lipinski definition) is 0. The van der Waals surface area contributed by atoms with Crippen LogP contribution in [0.2, 0.25) is 0 Å². The van der Waals surface area contributed by atoms with Crippen molar-refractivity contribution in [3.63, 3.8) is 0 Å². The van der Waals surface area contributed by atoms with E-state index in [1.54, 1.807) is 7.11 Å². The Hall–Kier alpha value is -1.59. The Morgan fingerprint density at radius 2 is 1.83 bits per heavy atom. The van der Waals surface area contributed by atoms with Crippen LogP contribution in [-0.2, 0) is 9.53 Å². The van der Waals surface area contributed by atoms with Gasteiger partial charge in [-0.15, -0.1) is 0 Å². The van der Waals surface area contributed by atoms with Gasteiger partial charge in [-0.1, -0.05) is 18.6 Å². The summed E-state index contributed by atoms with van der Waals surface area (Å²) in [7, 11) is 1.71. The largest absolute Gasteiger partial charge is 0.497 e. The Bertz CT molecular complexity index is 711. The monoisotopic (exact) mass is 398 g/mol. The predicted octanol–water partition coefficient (Wildman–Crippen LogP) is 3.35. The van der Waals surface area contributed by atoms with Gasteiger partial charge in [-0.25, -0.2) is 0 Å². The molecule has 1 amide bonds. The average molecular weight is 399 g/mol. The second kappa shape index (κ2) is 8.27. The zero-order valence-corrected chi connectivity index (χ0v) is 17.6. The summed E-state index contributed by atoms with van der Waals surface area (Å²) in [5.74, 6) is 3.43. The van der Waals surface area contributed by atoms with Crippen LogP contribution in [-0.4, -0.2) is 62.2 Å². The zero-order valence-electron chi connectivity index (χ0n) is 17.6. The lowest BCUT2D eigenvalue weighted by atomic mass is 9.85. The number of hydrogen-bond acceptors (Lipinski definition) is 4. The average Bonchev–Trinajstić information content (AvgIpc) is 3.28. The summed E-state index contributed by atoms with van der Waals surface area (Å²) in [4.78, 5) is 18.4. The Morgan fingerprint density at radius 3 is 2.48 bits per heavy atom. The molecule has 0 aromatic heterocycles. The topological polar surface area (TPSA) is 42.0 Å². The van der Waals surface area contributed by atoms with E-state index in [2.05, 4.69) is 21.9 Å². The summed E-state index contributed by atoms with van der Waals surface area (Å²) in [5, 5.41) is 0. The Kier molecular flexibility index (Phi) is 5.53. The molecule has 5 heteroatoms. The summed E-state index contributed by atoms with van der Waals surface area (Å²) in [5.41, 5.74) is 1.27. The van der Waals surface area contributed by atoms with Gasteiger partial charge in [-0.3, -0.25) is 4.79 Å². The number of amides is 1. The van der Waals surface area contributed by atoms with Crippen LogP contribution in [0.25, 0.3) is 0 Å². The highest BCUT2D eigenvalue weighted by molar-refractivity contribution is 5.80. The Morgan fingerprint density at radius 1 is 1.07 bits per heavy atom. The third-order valence-electron chi connectivity index (χ3n) is 7.79. The van der Waals surface area contributed by atoms with Crippen LogP contribution in [0, 0.1) is 23.7 Å². The third-order valence-corrected chi connectivity index (χ3v) is 7.79. The fourth-order valence-electron chi connectivity index (χ4n) is 5.96. The van der Waals surface area contributed by atoms with Crippen LogP contribution in [0.1, 0.15) is 43.7 Å². The van der Waals surface area contributed by atoms with Gasteiger partial charge in [0.2, 0.25) is 5.91 Å². The molecule has 3 heterocycles. The summed E-state index contributed by atoms with van der Waals surface area (Å²) in [6, 6.07) is 8.63. The van der Waals surface area contributed by atoms with E-state index in [9.17, 15) is 4.79 Å². The molecule has 0 bridgehead atoms. The Balaban J connectivity index is 1.36. The van der Waals surface area contributed by atoms with Gasteiger partial charge >= 0.3 is 0 Å². The van der Waals surface area contributed by atoms with Crippen molar-refractivity contribution in [1.29, 1.82) is 0 Å². The van der Waals surface area contributed by atoms with E-state index in [1.165, 1.54) is 31.4 Å². The number of likely N-dealkylation sites (tertiary alicyclic amines) is 2. The van der Waals surface area contributed by atoms with E-state index < -0.39 is 0 Å². The minimum absolute atomic E-state index is 0.134. The van der Waals surface area contributed by atoms with Crippen molar-refractivity contribution in [3.8, 4) is 5.75 Å². The molecule has 0 N–H and O–H groups in total. The van der Waals surface area contributed by atoms with Gasteiger partial charge in [0.1, 0.15) is 5.75 Å². The second-order valence-electron chi connectivity index (χ2n) is 9.53. The SMILES string of the molecule is COc1ccc([C@H]2[C@H]3CN(CC4CCC4)C[C@H]3CN2C(=O)C2CCOCC2)cc1. The van der Waals surface area contributed by atoms with Crippen molar-refractivity contribution < 1.29 is 14.3 Å². The molecule has 0 unspecified atom stereocenters. The van der Waals surface area contributed by atoms with Crippen LogP contribution >= 0.6 is 0 Å². The standard InChI is InChI=1S/C24H34N2O3/c1-28-21-7-5-18(6-8-21)23-22-16-25(13-17-3-2-4-17)14-20(22)15-26(23)24(27)19-9-11-29-12-10-19/h5-8,17,19-20,22-23H,2-4,9-16H2,1H3/t20-,22-,23-/m0/s1. The van der Waals surface area contributed by atoms with Crippen molar-refractivity contribution in [2.45, 2.75) is 38.1 Å². The normalized spacial score (nSPS) is 30.9. The summed E-state index contributed by atoms with van der Waals surface area (Å²) in [6.07, 6.45) is 5.96. The second-order valence-corrected chi connectivity index (χ2v) is 9.53. The maximum atomic E-state index is 13.5. The number of nitrogens with zero attached hydrogens (tertiary/aromatic N) is 2. The van der Waals surface area contributed by atoms with Gasteiger partial charge in [0.25, 0.3) is 0 Å². The fourth-order valence-corrected chi connectivity index (χ4v) is 5.96. The molecule has 1 saturated carbocycles. The van der Waals surface area contributed by atoms with Crippen molar-refractivity contribution >= 4 is 5.91 Å². The first-order valence-electron chi connectivity index (χ1n) is 11.5. The van der Waals surface area contributed by atoms with E-state index in [0.29, 0.717) is 17.7 Å². The van der Waals surface area contributed by atoms with E-state index in [-0.39, 0.29) is 12.0 Å². The molecule has 29 heavy (non-hydrogen) atoms. The van der Waals surface area contributed by atoms with Crippen molar-refractivity contribution in [2.75, 3.05) is 46.5 Å². The first-order valence-corrected chi connectivity index (χ1v) is 11.5. The molecule has 1 aromatic carbocycles. The smallest absolute Gasteiger partial charge is 0.226 e. The van der Waals surface area contributed by atoms with Crippen LogP contribution in [0.5, 0.6) is 5.75 Å². The number of ether oxygens (including phenoxy) is 2. The molecular weight excluding hydrogens is 364 g/mol. The predicted molar refractivity (Wildman–Crippen MR) is 112 cm³/mol. The highest BCUT2D eigenvalue weighted by Crippen LogP contribution is 2.46. The zero-order chi connectivity index (χ0) is 19.8. The highest BCUT2D eigenvalue weighted by Gasteiger charge is 2.50. The number of carbonyl (C=O) groups excluding carboxylic acids is 1. The van der Waals surface area contributed by atoms with E-state index >= 15 is 0 Å². The molecule has 1 aliphatic carbocycles. The lowest BCUT2D eigenvalue weighted by molar-refractivity contribution is -0.140. The van der Waals surface area contributed by atoms with Crippen LogP contribution < -0.4 is 4.74 Å². The third kappa shape index (κ3) is 3.79. The van der Waals surface area contributed by atoms with Crippen LogP contribution in [0.15, 0.2) is 24.3 Å². The van der Waals surface area contributed by atoms with Gasteiger partial charge in [-0.05, 0) is 55.2 Å². The van der Waals surface area contributed by atoms with Crippen molar-refractivity contribution in [1.82, 2.24) is 9.80 Å². The van der Waals surface area contributed by atoms with E-state index in [0.717, 1.165) is 57.4 Å². The van der Waals surface area contributed by atoms with Crippen LogP contribution in [0.4, 0.5) is 0 Å². The molecule has 0 spiro atoms. The Labute approximate surface area is 174 Å². The number of benzene rings is 1. The van der Waals surface area contributed by atoms with Gasteiger partial charge in [0.05, 0.1) is 13.2 Å². The molecule has 4 fully saturated rings. The minimum atomic E-state index is 0.134. The number of methoxy groups -OCH3 is 1. The lowest BCUT2D eigenvalue weighted by Crippen LogP contribution is -2.41. The molecule has 5 rings (SSSR count). The molecule has 3 saturated heterocycles. The molecular formula is C24H34N2O3. The molecule has 158 valence electrons. The summed E-state index contributed by atoms with van der Waals surface area (Å²) in [6.45, 7) is 5.91.